The van der Waals surface area contributed by atoms with E-state index in [9.17, 15) is 8.42 Å². The Balaban J connectivity index is 2.93. The minimum Gasteiger partial charge on any atom is -0.310 e. The quantitative estimate of drug-likeness (QED) is 0.705. The van der Waals surface area contributed by atoms with E-state index in [4.69, 9.17) is 0 Å². The second-order valence-electron chi connectivity index (χ2n) is 5.74. The molecule has 6 heteroatoms. The monoisotopic (exact) mass is 332 g/mol. The van der Waals surface area contributed by atoms with Crippen LogP contribution >= 0.6 is 11.3 Å². The molecule has 1 aromatic heterocycles. The number of nitrogens with zero attached hydrogens (tertiary/aromatic N) is 1. The second kappa shape index (κ2) is 8.27. The molecule has 0 amide bonds. The molecule has 0 aliphatic carbocycles. The summed E-state index contributed by atoms with van der Waals surface area (Å²) in [4.78, 5) is 1.41. The van der Waals surface area contributed by atoms with Gasteiger partial charge in [0.05, 0.1) is 0 Å². The molecular weight excluding hydrogens is 304 g/mol. The Morgan fingerprint density at radius 1 is 1.33 bits per heavy atom. The third kappa shape index (κ3) is 5.06. The first kappa shape index (κ1) is 18.6. The van der Waals surface area contributed by atoms with Gasteiger partial charge >= 0.3 is 0 Å². The van der Waals surface area contributed by atoms with Gasteiger partial charge in [0, 0.05) is 31.1 Å². The first-order valence-corrected chi connectivity index (χ1v) is 9.89. The maximum atomic E-state index is 12.8. The van der Waals surface area contributed by atoms with E-state index in [1.807, 2.05) is 12.3 Å². The van der Waals surface area contributed by atoms with Crippen molar-refractivity contribution >= 4 is 21.4 Å². The van der Waals surface area contributed by atoms with Crippen molar-refractivity contribution in [2.75, 3.05) is 13.6 Å². The fourth-order valence-corrected chi connectivity index (χ4v) is 5.03. The zero-order chi connectivity index (χ0) is 16.0. The molecule has 1 rings (SSSR count). The Bertz CT molecular complexity index is 536. The van der Waals surface area contributed by atoms with Crippen LogP contribution in [0.5, 0.6) is 0 Å². The van der Waals surface area contributed by atoms with Crippen LogP contribution in [0.15, 0.2) is 10.3 Å². The van der Waals surface area contributed by atoms with Crippen LogP contribution in [0, 0.1) is 6.92 Å². The summed E-state index contributed by atoms with van der Waals surface area (Å²) in [6.45, 7) is 9.31. The third-order valence-corrected chi connectivity index (χ3v) is 6.73. The minimum atomic E-state index is -3.38. The summed E-state index contributed by atoms with van der Waals surface area (Å²) in [5.74, 6) is 0. The van der Waals surface area contributed by atoms with Gasteiger partial charge in [-0.15, -0.1) is 11.3 Å². The predicted octanol–water partition coefficient (Wildman–Crippen LogP) is 3.37. The number of hydrogen-bond donors (Lipinski definition) is 1. The fraction of sp³-hybridized carbons (Fsp3) is 0.733. The molecule has 4 nitrogen and oxygen atoms in total. The van der Waals surface area contributed by atoms with E-state index in [1.54, 1.807) is 7.05 Å². The van der Waals surface area contributed by atoms with Crippen LogP contribution in [0.25, 0.3) is 0 Å². The van der Waals surface area contributed by atoms with E-state index in [2.05, 4.69) is 26.1 Å². The summed E-state index contributed by atoms with van der Waals surface area (Å²) < 4.78 is 27.1. The molecule has 0 atom stereocenters. The molecule has 0 fully saturated rings. The predicted molar refractivity (Wildman–Crippen MR) is 90.4 cm³/mol. The Labute approximate surface area is 133 Å². The van der Waals surface area contributed by atoms with Crippen LogP contribution in [-0.4, -0.2) is 32.4 Å². The zero-order valence-corrected chi connectivity index (χ0v) is 15.4. The molecule has 21 heavy (non-hydrogen) atoms. The van der Waals surface area contributed by atoms with E-state index < -0.39 is 10.0 Å². The molecule has 1 N–H and O–H groups in total. The molecule has 0 aromatic carbocycles. The van der Waals surface area contributed by atoms with E-state index in [1.165, 1.54) is 15.6 Å². The van der Waals surface area contributed by atoms with Gasteiger partial charge in [0.1, 0.15) is 4.90 Å². The smallest absolute Gasteiger partial charge is 0.244 e. The molecular formula is C15H28N2O2S2. The molecule has 0 bridgehead atoms. The van der Waals surface area contributed by atoms with E-state index in [0.717, 1.165) is 29.7 Å². The Morgan fingerprint density at radius 2 is 2.00 bits per heavy atom. The summed E-state index contributed by atoms with van der Waals surface area (Å²) in [6.07, 6.45) is 3.06. The number of unbranched alkanes of at least 4 members (excludes halogenated alkanes) is 2. The molecule has 0 aliphatic heterocycles. The van der Waals surface area contributed by atoms with Gasteiger partial charge in [-0.25, -0.2) is 12.7 Å². The topological polar surface area (TPSA) is 49.4 Å². The van der Waals surface area contributed by atoms with Gasteiger partial charge in [-0.1, -0.05) is 33.6 Å². The molecule has 0 saturated carbocycles. The number of thiophene rings is 1. The highest BCUT2D eigenvalue weighted by atomic mass is 32.2. The lowest BCUT2D eigenvalue weighted by Crippen LogP contribution is -2.30. The van der Waals surface area contributed by atoms with E-state index >= 15 is 0 Å². The number of hydrogen-bond acceptors (Lipinski definition) is 4. The summed E-state index contributed by atoms with van der Waals surface area (Å²) in [6, 6.07) is 0.338. The Morgan fingerprint density at radius 3 is 2.57 bits per heavy atom. The summed E-state index contributed by atoms with van der Waals surface area (Å²) in [7, 11) is -1.70. The number of sulfonamides is 1. The van der Waals surface area contributed by atoms with Crippen molar-refractivity contribution in [2.45, 2.75) is 64.4 Å². The first-order valence-electron chi connectivity index (χ1n) is 7.57. The van der Waals surface area contributed by atoms with Gasteiger partial charge in [-0.3, -0.25) is 0 Å². The van der Waals surface area contributed by atoms with Crippen LogP contribution in [0.3, 0.4) is 0 Å². The highest BCUT2D eigenvalue weighted by Gasteiger charge is 2.27. The van der Waals surface area contributed by atoms with Crippen molar-refractivity contribution in [3.05, 3.63) is 15.8 Å². The molecule has 122 valence electrons. The lowest BCUT2D eigenvalue weighted by Gasteiger charge is -2.18. The number of rotatable bonds is 9. The lowest BCUT2D eigenvalue weighted by atomic mass is 10.2. The van der Waals surface area contributed by atoms with Crippen molar-refractivity contribution in [2.24, 2.45) is 0 Å². The van der Waals surface area contributed by atoms with Crippen molar-refractivity contribution in [1.82, 2.24) is 9.62 Å². The summed E-state index contributed by atoms with van der Waals surface area (Å²) in [5, 5.41) is 5.24. The average molecular weight is 333 g/mol. The summed E-state index contributed by atoms with van der Waals surface area (Å²) >= 11 is 1.52. The zero-order valence-electron chi connectivity index (χ0n) is 13.8. The van der Waals surface area contributed by atoms with Gasteiger partial charge in [0.15, 0.2) is 0 Å². The van der Waals surface area contributed by atoms with E-state index in [-0.39, 0.29) is 0 Å². The van der Waals surface area contributed by atoms with Crippen molar-refractivity contribution in [1.29, 1.82) is 0 Å². The largest absolute Gasteiger partial charge is 0.310 e. The van der Waals surface area contributed by atoms with Gasteiger partial charge in [-0.2, -0.15) is 0 Å². The summed E-state index contributed by atoms with van der Waals surface area (Å²) in [5.41, 5.74) is 0.850. The number of aryl methyl sites for hydroxylation is 1. The highest BCUT2D eigenvalue weighted by molar-refractivity contribution is 7.89. The van der Waals surface area contributed by atoms with Crippen LogP contribution in [0.2, 0.25) is 0 Å². The maximum Gasteiger partial charge on any atom is 0.244 e. The third-order valence-electron chi connectivity index (χ3n) is 3.41. The van der Waals surface area contributed by atoms with Gasteiger partial charge in [-0.05, 0) is 24.3 Å². The van der Waals surface area contributed by atoms with Gasteiger partial charge in [0.25, 0.3) is 0 Å². The second-order valence-corrected chi connectivity index (χ2v) is 8.69. The molecule has 1 heterocycles. The van der Waals surface area contributed by atoms with Gasteiger partial charge in [0.2, 0.25) is 10.0 Å². The average Bonchev–Trinajstić information content (AvgIpc) is 2.78. The fourth-order valence-electron chi connectivity index (χ4n) is 2.11. The van der Waals surface area contributed by atoms with E-state index in [0.29, 0.717) is 24.0 Å². The van der Waals surface area contributed by atoms with Crippen LogP contribution in [0.1, 0.15) is 50.5 Å². The van der Waals surface area contributed by atoms with Crippen LogP contribution < -0.4 is 5.32 Å². The molecule has 0 spiro atoms. The van der Waals surface area contributed by atoms with Crippen LogP contribution in [-0.2, 0) is 16.6 Å². The lowest BCUT2D eigenvalue weighted by molar-refractivity contribution is 0.453. The Kier molecular flexibility index (Phi) is 7.33. The molecule has 0 saturated heterocycles. The van der Waals surface area contributed by atoms with Gasteiger partial charge < -0.3 is 5.32 Å². The SMILES string of the molecule is CCCCCN(C)S(=O)(=O)c1c(C)csc1CNC(C)C. The standard InChI is InChI=1S/C15H28N2O2S2/c1-6-7-8-9-17(5)21(18,19)15-13(4)11-20-14(15)10-16-12(2)3/h11-12,16H,6-10H2,1-5H3. The maximum absolute atomic E-state index is 12.8. The normalized spacial score (nSPS) is 12.5. The number of nitrogens with one attached hydrogen (secondary N) is 1. The Hall–Kier alpha value is -0.430. The molecule has 0 aliphatic rings. The molecule has 0 unspecified atom stereocenters. The first-order chi connectivity index (χ1) is 9.80. The highest BCUT2D eigenvalue weighted by Crippen LogP contribution is 2.29. The van der Waals surface area contributed by atoms with Crippen molar-refractivity contribution in [3.63, 3.8) is 0 Å². The van der Waals surface area contributed by atoms with Crippen LogP contribution in [0.4, 0.5) is 0 Å². The minimum absolute atomic E-state index is 0.338. The molecule has 1 aromatic rings. The van der Waals surface area contributed by atoms with Crippen molar-refractivity contribution < 1.29 is 8.42 Å². The molecule has 0 radical (unpaired) electrons. The van der Waals surface area contributed by atoms with Crippen molar-refractivity contribution in [3.8, 4) is 0 Å².